The Morgan fingerprint density at radius 1 is 1.19 bits per heavy atom. The predicted molar refractivity (Wildman–Crippen MR) is 78.3 cm³/mol. The van der Waals surface area contributed by atoms with Crippen molar-refractivity contribution >= 4 is 11.7 Å². The number of halogens is 1. The first-order valence-corrected chi connectivity index (χ1v) is 6.47. The summed E-state index contributed by atoms with van der Waals surface area (Å²) in [5.74, 6) is -0.287. The van der Waals surface area contributed by atoms with E-state index in [4.69, 9.17) is 5.26 Å². The molecule has 2 aromatic carbocycles. The zero-order valence-electron chi connectivity index (χ0n) is 11.3. The maximum atomic E-state index is 13.0. The topological polar surface area (TPSA) is 64.9 Å². The number of rotatable bonds is 4. The summed E-state index contributed by atoms with van der Waals surface area (Å²) in [6.07, 6.45) is 0.545. The van der Waals surface area contributed by atoms with Crippen molar-refractivity contribution in [3.63, 3.8) is 0 Å². The van der Waals surface area contributed by atoms with E-state index in [1.807, 2.05) is 6.07 Å². The smallest absolute Gasteiger partial charge is 0.319 e. The molecule has 2 rings (SSSR count). The molecule has 0 unspecified atom stereocenters. The molecule has 21 heavy (non-hydrogen) atoms. The SMILES string of the molecule is N#Cc1cccc(NC(=O)NCCc2cccc(F)c2)c1. The number of carbonyl (C=O) groups is 1. The zero-order valence-corrected chi connectivity index (χ0v) is 11.3. The second kappa shape index (κ2) is 7.06. The van der Waals surface area contributed by atoms with Crippen molar-refractivity contribution in [2.75, 3.05) is 11.9 Å². The molecular weight excluding hydrogens is 269 g/mol. The molecule has 0 atom stereocenters. The van der Waals surface area contributed by atoms with Gasteiger partial charge in [0.25, 0.3) is 0 Å². The summed E-state index contributed by atoms with van der Waals surface area (Å²) >= 11 is 0. The Bertz CT molecular complexity index is 679. The molecule has 106 valence electrons. The molecular formula is C16H14FN3O. The van der Waals surface area contributed by atoms with E-state index in [-0.39, 0.29) is 11.8 Å². The average molecular weight is 283 g/mol. The first kappa shape index (κ1) is 14.5. The van der Waals surface area contributed by atoms with Crippen LogP contribution in [0.3, 0.4) is 0 Å². The highest BCUT2D eigenvalue weighted by Crippen LogP contribution is 2.09. The number of hydrogen-bond acceptors (Lipinski definition) is 2. The summed E-state index contributed by atoms with van der Waals surface area (Å²) in [5, 5.41) is 14.1. The molecule has 2 N–H and O–H groups in total. The van der Waals surface area contributed by atoms with Gasteiger partial charge in [0.2, 0.25) is 0 Å². The minimum absolute atomic E-state index is 0.287. The molecule has 0 aliphatic rings. The van der Waals surface area contributed by atoms with E-state index in [2.05, 4.69) is 10.6 Å². The monoisotopic (exact) mass is 283 g/mol. The number of urea groups is 1. The summed E-state index contributed by atoms with van der Waals surface area (Å²) < 4.78 is 13.0. The number of nitriles is 1. The molecule has 0 radical (unpaired) electrons. The van der Waals surface area contributed by atoms with Crippen LogP contribution >= 0.6 is 0 Å². The third-order valence-corrected chi connectivity index (χ3v) is 2.84. The maximum Gasteiger partial charge on any atom is 0.319 e. The van der Waals surface area contributed by atoms with E-state index >= 15 is 0 Å². The van der Waals surface area contributed by atoms with Crippen LogP contribution in [0.5, 0.6) is 0 Å². The average Bonchev–Trinajstić information content (AvgIpc) is 2.47. The second-order valence-corrected chi connectivity index (χ2v) is 4.45. The van der Waals surface area contributed by atoms with E-state index in [9.17, 15) is 9.18 Å². The van der Waals surface area contributed by atoms with Gasteiger partial charge in [0.15, 0.2) is 0 Å². The lowest BCUT2D eigenvalue weighted by Crippen LogP contribution is -2.30. The van der Waals surface area contributed by atoms with E-state index in [1.54, 1.807) is 36.4 Å². The number of nitrogens with one attached hydrogen (secondary N) is 2. The number of hydrogen-bond donors (Lipinski definition) is 2. The second-order valence-electron chi connectivity index (χ2n) is 4.45. The lowest BCUT2D eigenvalue weighted by atomic mass is 10.1. The minimum atomic E-state index is -0.360. The van der Waals surface area contributed by atoms with Crippen LogP contribution in [-0.4, -0.2) is 12.6 Å². The molecule has 0 aromatic heterocycles. The van der Waals surface area contributed by atoms with Crippen molar-refractivity contribution in [3.8, 4) is 6.07 Å². The first-order valence-electron chi connectivity index (χ1n) is 6.47. The van der Waals surface area contributed by atoms with Crippen molar-refractivity contribution in [1.29, 1.82) is 5.26 Å². The standard InChI is InChI=1S/C16H14FN3O/c17-14-5-1-3-12(9-14)7-8-19-16(21)20-15-6-2-4-13(10-15)11-18/h1-6,9-10H,7-8H2,(H2,19,20,21). The number of carbonyl (C=O) groups excluding carboxylic acids is 1. The Morgan fingerprint density at radius 2 is 2.00 bits per heavy atom. The Kier molecular flexibility index (Phi) is 4.89. The Morgan fingerprint density at radius 3 is 2.76 bits per heavy atom. The van der Waals surface area contributed by atoms with Gasteiger partial charge in [-0.1, -0.05) is 18.2 Å². The third-order valence-electron chi connectivity index (χ3n) is 2.84. The van der Waals surface area contributed by atoms with Gasteiger partial charge >= 0.3 is 6.03 Å². The quantitative estimate of drug-likeness (QED) is 0.905. The fourth-order valence-electron chi connectivity index (χ4n) is 1.85. The Hall–Kier alpha value is -2.87. The Balaban J connectivity index is 1.81. The van der Waals surface area contributed by atoms with Crippen LogP contribution in [0.15, 0.2) is 48.5 Å². The highest BCUT2D eigenvalue weighted by Gasteiger charge is 2.02. The van der Waals surface area contributed by atoms with Gasteiger partial charge in [-0.05, 0) is 42.3 Å². The fourth-order valence-corrected chi connectivity index (χ4v) is 1.85. The van der Waals surface area contributed by atoms with Crippen LogP contribution < -0.4 is 10.6 Å². The predicted octanol–water partition coefficient (Wildman–Crippen LogP) is 3.06. The lowest BCUT2D eigenvalue weighted by molar-refractivity contribution is 0.252. The van der Waals surface area contributed by atoms with Crippen LogP contribution in [0.2, 0.25) is 0 Å². The van der Waals surface area contributed by atoms with E-state index in [0.29, 0.717) is 24.2 Å². The molecule has 0 aliphatic carbocycles. The normalized spacial score (nSPS) is 9.71. The number of anilines is 1. The van der Waals surface area contributed by atoms with Crippen molar-refractivity contribution in [3.05, 3.63) is 65.5 Å². The molecule has 2 aromatic rings. The molecule has 0 aliphatic heterocycles. The molecule has 0 heterocycles. The van der Waals surface area contributed by atoms with Crippen LogP contribution in [0, 0.1) is 17.1 Å². The van der Waals surface area contributed by atoms with Gasteiger partial charge in [-0.3, -0.25) is 0 Å². The van der Waals surface area contributed by atoms with E-state index in [0.717, 1.165) is 5.56 Å². The van der Waals surface area contributed by atoms with Crippen LogP contribution in [0.25, 0.3) is 0 Å². The minimum Gasteiger partial charge on any atom is -0.338 e. The fraction of sp³-hybridized carbons (Fsp3) is 0.125. The number of benzene rings is 2. The van der Waals surface area contributed by atoms with Gasteiger partial charge in [0.1, 0.15) is 5.82 Å². The van der Waals surface area contributed by atoms with Crippen molar-refractivity contribution in [2.45, 2.75) is 6.42 Å². The molecule has 4 nitrogen and oxygen atoms in total. The van der Waals surface area contributed by atoms with Gasteiger partial charge in [0.05, 0.1) is 11.6 Å². The number of amides is 2. The van der Waals surface area contributed by atoms with Crippen LogP contribution in [0.4, 0.5) is 14.9 Å². The highest BCUT2D eigenvalue weighted by atomic mass is 19.1. The molecule has 0 bridgehead atoms. The molecule has 0 saturated carbocycles. The zero-order chi connectivity index (χ0) is 15.1. The Labute approximate surface area is 122 Å². The molecule has 5 heteroatoms. The molecule has 0 saturated heterocycles. The third kappa shape index (κ3) is 4.62. The summed E-state index contributed by atoms with van der Waals surface area (Å²) in [5.41, 5.74) is 1.85. The van der Waals surface area contributed by atoms with Crippen LogP contribution in [-0.2, 0) is 6.42 Å². The summed E-state index contributed by atoms with van der Waals surface area (Å²) in [4.78, 5) is 11.7. The van der Waals surface area contributed by atoms with Crippen molar-refractivity contribution in [2.24, 2.45) is 0 Å². The van der Waals surface area contributed by atoms with E-state index in [1.165, 1.54) is 12.1 Å². The summed E-state index contributed by atoms with van der Waals surface area (Å²) in [6.45, 7) is 0.396. The highest BCUT2D eigenvalue weighted by molar-refractivity contribution is 5.89. The molecule has 0 fully saturated rings. The van der Waals surface area contributed by atoms with Gasteiger partial charge in [-0.25, -0.2) is 9.18 Å². The lowest BCUT2D eigenvalue weighted by Gasteiger charge is -2.08. The summed E-state index contributed by atoms with van der Waals surface area (Å²) in [7, 11) is 0. The van der Waals surface area contributed by atoms with Gasteiger partial charge in [-0.15, -0.1) is 0 Å². The molecule has 2 amide bonds. The summed E-state index contributed by atoms with van der Waals surface area (Å²) in [6, 6.07) is 14.6. The van der Waals surface area contributed by atoms with Gasteiger partial charge < -0.3 is 10.6 Å². The van der Waals surface area contributed by atoms with E-state index < -0.39 is 0 Å². The van der Waals surface area contributed by atoms with Gasteiger partial charge in [-0.2, -0.15) is 5.26 Å². The largest absolute Gasteiger partial charge is 0.338 e. The molecule has 0 spiro atoms. The van der Waals surface area contributed by atoms with Crippen molar-refractivity contribution < 1.29 is 9.18 Å². The van der Waals surface area contributed by atoms with Crippen LogP contribution in [0.1, 0.15) is 11.1 Å². The number of nitrogens with zero attached hydrogens (tertiary/aromatic N) is 1. The maximum absolute atomic E-state index is 13.0. The van der Waals surface area contributed by atoms with Crippen molar-refractivity contribution in [1.82, 2.24) is 5.32 Å². The van der Waals surface area contributed by atoms with Gasteiger partial charge in [0, 0.05) is 12.2 Å². The first-order chi connectivity index (χ1) is 10.2.